The molecule has 5 rings (SSSR count). The molecule has 2 heterocycles. The van der Waals surface area contributed by atoms with Crippen LogP contribution < -0.4 is 14.8 Å². The number of ether oxygens (including phenoxy) is 1. The van der Waals surface area contributed by atoms with Crippen LogP contribution in [0.5, 0.6) is 5.75 Å². The summed E-state index contributed by atoms with van der Waals surface area (Å²) in [6, 6.07) is 15.4. The third-order valence-electron chi connectivity index (χ3n) is 8.06. The first kappa shape index (κ1) is 30.5. The highest BCUT2D eigenvalue weighted by molar-refractivity contribution is 7.89. The van der Waals surface area contributed by atoms with Gasteiger partial charge in [0.2, 0.25) is 15.9 Å². The van der Waals surface area contributed by atoms with E-state index >= 15 is 0 Å². The fraction of sp³-hybridized carbons (Fsp3) is 0.355. The molecule has 1 amide bonds. The molecule has 2 N–H and O–H groups in total. The van der Waals surface area contributed by atoms with Gasteiger partial charge in [-0.25, -0.2) is 12.8 Å². The molecule has 1 saturated heterocycles. The molecule has 2 aliphatic rings. The molecule has 3 aromatic carbocycles. The van der Waals surface area contributed by atoms with Crippen LogP contribution in [0.25, 0.3) is 0 Å². The van der Waals surface area contributed by atoms with E-state index in [9.17, 15) is 17.6 Å². The lowest BCUT2D eigenvalue weighted by atomic mass is 9.59. The Bertz CT molecular complexity index is 1700. The molecule has 0 saturated carbocycles. The first-order valence-electron chi connectivity index (χ1n) is 13.5. The molecular formula is C31H32Cl2FN3O4S. The lowest BCUT2D eigenvalue weighted by Crippen LogP contribution is -2.51. The lowest BCUT2D eigenvalue weighted by molar-refractivity contribution is -0.128. The summed E-state index contributed by atoms with van der Waals surface area (Å²) >= 11 is 12.9. The molecule has 0 unspecified atom stereocenters. The van der Waals surface area contributed by atoms with E-state index in [1.807, 2.05) is 42.1 Å². The SMILES string of the molecule is Cc1ccc(F)cc1[C@@H]1NCC[C@@H](c2cc(Cl)ccc2OCC(C)(C)C(=O)NS(C)(=O)=O)[C@@]12C=Nc1cc(Cl)ccc12. The number of nitrogens with one attached hydrogen (secondary N) is 2. The quantitative estimate of drug-likeness (QED) is 0.315. The summed E-state index contributed by atoms with van der Waals surface area (Å²) in [5, 5.41) is 4.71. The third-order valence-corrected chi connectivity index (χ3v) is 9.09. The second kappa shape index (κ2) is 11.3. The number of rotatable bonds is 7. The number of hydrogen-bond acceptors (Lipinski definition) is 6. The number of carbonyl (C=O) groups is 1. The van der Waals surface area contributed by atoms with Gasteiger partial charge in [-0.3, -0.25) is 14.5 Å². The van der Waals surface area contributed by atoms with Gasteiger partial charge in [-0.2, -0.15) is 0 Å². The van der Waals surface area contributed by atoms with Crippen molar-refractivity contribution >= 4 is 51.0 Å². The summed E-state index contributed by atoms with van der Waals surface area (Å²) in [7, 11) is -3.74. The number of sulfonamides is 1. The van der Waals surface area contributed by atoms with Crippen molar-refractivity contribution in [2.75, 3.05) is 19.4 Å². The van der Waals surface area contributed by atoms with Gasteiger partial charge in [0.15, 0.2) is 0 Å². The summed E-state index contributed by atoms with van der Waals surface area (Å²) in [4.78, 5) is 17.5. The number of hydrogen-bond donors (Lipinski definition) is 2. The minimum atomic E-state index is -3.74. The van der Waals surface area contributed by atoms with E-state index in [2.05, 4.69) is 5.32 Å². The van der Waals surface area contributed by atoms with Crippen molar-refractivity contribution < 1.29 is 22.3 Å². The monoisotopic (exact) mass is 631 g/mol. The van der Waals surface area contributed by atoms with Crippen LogP contribution in [0.15, 0.2) is 59.6 Å². The van der Waals surface area contributed by atoms with E-state index in [0.717, 1.165) is 34.2 Å². The van der Waals surface area contributed by atoms with Crippen LogP contribution in [-0.2, 0) is 20.2 Å². The van der Waals surface area contributed by atoms with E-state index in [4.69, 9.17) is 32.9 Å². The Labute approximate surface area is 255 Å². The van der Waals surface area contributed by atoms with Gasteiger partial charge in [-0.15, -0.1) is 0 Å². The largest absolute Gasteiger partial charge is 0.492 e. The summed E-state index contributed by atoms with van der Waals surface area (Å²) in [6.45, 7) is 5.72. The van der Waals surface area contributed by atoms with Crippen LogP contribution in [0.3, 0.4) is 0 Å². The number of benzene rings is 3. The van der Waals surface area contributed by atoms with Crippen molar-refractivity contribution in [1.82, 2.24) is 10.0 Å². The fourth-order valence-corrected chi connectivity index (χ4v) is 6.93. The van der Waals surface area contributed by atoms with Gasteiger partial charge in [0.25, 0.3) is 0 Å². The van der Waals surface area contributed by atoms with Crippen LogP contribution >= 0.6 is 23.2 Å². The second-order valence-corrected chi connectivity index (χ2v) is 14.3. The minimum Gasteiger partial charge on any atom is -0.492 e. The highest BCUT2D eigenvalue weighted by Gasteiger charge is 2.53. The van der Waals surface area contributed by atoms with Gasteiger partial charge in [-0.1, -0.05) is 35.3 Å². The van der Waals surface area contributed by atoms with E-state index < -0.39 is 26.8 Å². The molecule has 0 radical (unpaired) electrons. The average molecular weight is 633 g/mol. The summed E-state index contributed by atoms with van der Waals surface area (Å²) in [5.74, 6) is -0.716. The maximum Gasteiger partial charge on any atom is 0.242 e. The zero-order valence-electron chi connectivity index (χ0n) is 23.7. The van der Waals surface area contributed by atoms with Crippen molar-refractivity contribution in [2.24, 2.45) is 10.4 Å². The molecule has 3 aromatic rings. The number of piperidine rings is 1. The van der Waals surface area contributed by atoms with Gasteiger partial charge >= 0.3 is 0 Å². The standard InChI is InChI=1S/C31H32Cl2FN3O4S/c1-18-5-8-21(34)15-22(18)28-31(16-36-26-14-20(33)6-9-25(26)31)24(11-12-35-28)23-13-19(32)7-10-27(23)41-17-30(2,3)29(38)37-42(4,39)40/h5-10,13-16,24,28,35H,11-12,17H2,1-4H3,(H,37,38)/t24-,28-,31+/m0/s1. The normalized spacial score (nSPS) is 21.8. The first-order valence-corrected chi connectivity index (χ1v) is 16.2. The molecule has 42 heavy (non-hydrogen) atoms. The molecule has 1 fully saturated rings. The second-order valence-electron chi connectivity index (χ2n) is 11.6. The summed E-state index contributed by atoms with van der Waals surface area (Å²) in [6.07, 6.45) is 3.53. The molecule has 2 aliphatic heterocycles. The van der Waals surface area contributed by atoms with Crippen molar-refractivity contribution in [3.05, 3.63) is 92.7 Å². The van der Waals surface area contributed by atoms with Gasteiger partial charge in [0.05, 0.1) is 22.8 Å². The summed E-state index contributed by atoms with van der Waals surface area (Å²) in [5.41, 5.74) is 2.31. The molecule has 1 spiro atoms. The molecule has 0 aliphatic carbocycles. The molecule has 222 valence electrons. The Morgan fingerprint density at radius 2 is 1.83 bits per heavy atom. The maximum absolute atomic E-state index is 14.7. The predicted molar refractivity (Wildman–Crippen MR) is 164 cm³/mol. The predicted octanol–water partition coefficient (Wildman–Crippen LogP) is 6.39. The van der Waals surface area contributed by atoms with Gasteiger partial charge in [0, 0.05) is 33.8 Å². The Morgan fingerprint density at radius 1 is 1.12 bits per heavy atom. The van der Waals surface area contributed by atoms with Crippen LogP contribution in [0.4, 0.5) is 10.1 Å². The maximum atomic E-state index is 14.7. The van der Waals surface area contributed by atoms with Crippen molar-refractivity contribution in [3.8, 4) is 5.75 Å². The van der Waals surface area contributed by atoms with Crippen LogP contribution in [0.2, 0.25) is 10.0 Å². The highest BCUT2D eigenvalue weighted by Crippen LogP contribution is 2.57. The van der Waals surface area contributed by atoms with Crippen molar-refractivity contribution in [1.29, 1.82) is 0 Å². The Balaban J connectivity index is 1.62. The summed E-state index contributed by atoms with van der Waals surface area (Å²) < 4.78 is 46.3. The highest BCUT2D eigenvalue weighted by atomic mass is 35.5. The smallest absolute Gasteiger partial charge is 0.242 e. The lowest BCUT2D eigenvalue weighted by Gasteiger charge is -2.48. The molecular weight excluding hydrogens is 600 g/mol. The molecule has 11 heteroatoms. The fourth-order valence-electron chi connectivity index (χ4n) is 5.97. The zero-order chi connectivity index (χ0) is 30.4. The van der Waals surface area contributed by atoms with Crippen molar-refractivity contribution in [2.45, 2.75) is 44.6 Å². The first-order chi connectivity index (χ1) is 19.7. The molecule has 0 bridgehead atoms. The van der Waals surface area contributed by atoms with Gasteiger partial charge in [0.1, 0.15) is 18.2 Å². The number of amides is 1. The average Bonchev–Trinajstić information content (AvgIpc) is 3.27. The Kier molecular flexibility index (Phi) is 8.17. The van der Waals surface area contributed by atoms with E-state index in [1.54, 1.807) is 38.1 Å². The van der Waals surface area contributed by atoms with Crippen molar-refractivity contribution in [3.63, 3.8) is 0 Å². The van der Waals surface area contributed by atoms with E-state index in [0.29, 0.717) is 28.8 Å². The van der Waals surface area contributed by atoms with Crippen LogP contribution in [0.1, 0.15) is 54.5 Å². The van der Waals surface area contributed by atoms with E-state index in [1.165, 1.54) is 6.07 Å². The third kappa shape index (κ3) is 5.80. The molecule has 3 atom stereocenters. The zero-order valence-corrected chi connectivity index (χ0v) is 26.0. The number of aliphatic imine (C=N–C) groups is 1. The number of carbonyl (C=O) groups excluding carboxylic acids is 1. The molecule has 0 aromatic heterocycles. The Hall–Kier alpha value is -2.98. The van der Waals surface area contributed by atoms with Gasteiger partial charge in [-0.05, 0) is 92.9 Å². The van der Waals surface area contributed by atoms with Gasteiger partial charge < -0.3 is 10.1 Å². The number of halogens is 3. The minimum absolute atomic E-state index is 0.0896. The van der Waals surface area contributed by atoms with Crippen LogP contribution in [0, 0.1) is 18.2 Å². The number of nitrogens with zero attached hydrogens (tertiary/aromatic N) is 1. The Morgan fingerprint density at radius 3 is 2.57 bits per heavy atom. The number of fused-ring (bicyclic) bond motifs is 2. The number of aryl methyl sites for hydroxylation is 1. The molecule has 7 nitrogen and oxygen atoms in total. The topological polar surface area (TPSA) is 96.9 Å². The van der Waals surface area contributed by atoms with E-state index in [-0.39, 0.29) is 24.4 Å². The van der Waals surface area contributed by atoms with Crippen LogP contribution in [-0.4, -0.2) is 39.9 Å².